The second-order valence-electron chi connectivity index (χ2n) is 8.38. The van der Waals surface area contributed by atoms with Crippen LogP contribution in [0.5, 0.6) is 0 Å². The summed E-state index contributed by atoms with van der Waals surface area (Å²) in [7, 11) is -3.65. The van der Waals surface area contributed by atoms with Gasteiger partial charge in [0.1, 0.15) is 0 Å². The zero-order chi connectivity index (χ0) is 22.1. The molecule has 0 aliphatic carbocycles. The highest BCUT2D eigenvalue weighted by Gasteiger charge is 2.35. The number of hydrogen-bond donors (Lipinski definition) is 1. The first-order valence-electron chi connectivity index (χ1n) is 10.6. The van der Waals surface area contributed by atoms with Crippen molar-refractivity contribution in [2.24, 2.45) is 5.92 Å². The predicted octanol–water partition coefficient (Wildman–Crippen LogP) is 4.52. The van der Waals surface area contributed by atoms with Gasteiger partial charge in [0.2, 0.25) is 15.9 Å². The van der Waals surface area contributed by atoms with Crippen LogP contribution in [0.2, 0.25) is 0 Å². The van der Waals surface area contributed by atoms with E-state index >= 15 is 0 Å². The summed E-state index contributed by atoms with van der Waals surface area (Å²) in [5.74, 6) is -0.458. The summed E-state index contributed by atoms with van der Waals surface area (Å²) in [6.45, 7) is 10.4. The molecule has 1 aliphatic rings. The van der Waals surface area contributed by atoms with Gasteiger partial charge in [0.05, 0.1) is 10.8 Å². The average molecular weight is 429 g/mol. The Kier molecular flexibility index (Phi) is 6.68. The van der Waals surface area contributed by atoms with Gasteiger partial charge < -0.3 is 5.32 Å². The van der Waals surface area contributed by atoms with Crippen LogP contribution in [0, 0.1) is 33.6 Å². The third kappa shape index (κ3) is 4.44. The van der Waals surface area contributed by atoms with Gasteiger partial charge in [0, 0.05) is 18.8 Å². The predicted molar refractivity (Wildman–Crippen MR) is 121 cm³/mol. The van der Waals surface area contributed by atoms with Gasteiger partial charge >= 0.3 is 0 Å². The van der Waals surface area contributed by atoms with E-state index in [4.69, 9.17) is 0 Å². The molecule has 1 amide bonds. The van der Waals surface area contributed by atoms with Gasteiger partial charge in [-0.25, -0.2) is 8.42 Å². The number of sulfonamides is 1. The quantitative estimate of drug-likeness (QED) is 0.761. The Morgan fingerprint density at radius 1 is 1.10 bits per heavy atom. The van der Waals surface area contributed by atoms with Gasteiger partial charge in [-0.15, -0.1) is 0 Å². The standard InChI is InChI=1S/C24H32N2O3S/c1-6-20-10-7-9-17(3)22(20)25-24(27)21-11-8-12-26(15-21)30(28,29)23-18(4)13-16(2)14-19(23)5/h7,9-10,13-14,21H,6,8,11-12,15H2,1-5H3,(H,25,27)/t21-/m0/s1. The number of amides is 1. The fourth-order valence-corrected chi connectivity index (χ4v) is 6.44. The van der Waals surface area contributed by atoms with Gasteiger partial charge in [-0.3, -0.25) is 4.79 Å². The lowest BCUT2D eigenvalue weighted by Gasteiger charge is -2.32. The number of benzene rings is 2. The number of carbonyl (C=O) groups is 1. The molecule has 5 nitrogen and oxygen atoms in total. The maximum absolute atomic E-state index is 13.4. The van der Waals surface area contributed by atoms with Crippen molar-refractivity contribution in [3.8, 4) is 0 Å². The molecular formula is C24H32N2O3S. The van der Waals surface area contributed by atoms with E-state index in [2.05, 4.69) is 12.2 Å². The third-order valence-corrected chi connectivity index (χ3v) is 8.12. The van der Waals surface area contributed by atoms with Crippen LogP contribution in [-0.2, 0) is 21.2 Å². The Labute approximate surface area is 180 Å². The Bertz CT molecular complexity index is 1040. The number of para-hydroxylation sites is 1. The zero-order valence-electron chi connectivity index (χ0n) is 18.6. The first kappa shape index (κ1) is 22.5. The summed E-state index contributed by atoms with van der Waals surface area (Å²) in [5.41, 5.74) is 5.53. The normalized spacial score (nSPS) is 17.7. The molecule has 2 aromatic carbocycles. The van der Waals surface area contributed by atoms with Crippen LogP contribution in [0.3, 0.4) is 0 Å². The number of nitrogens with zero attached hydrogens (tertiary/aromatic N) is 1. The molecule has 1 saturated heterocycles. The van der Waals surface area contributed by atoms with Crippen LogP contribution in [0.25, 0.3) is 0 Å². The molecule has 3 rings (SSSR count). The molecule has 6 heteroatoms. The highest BCUT2D eigenvalue weighted by Crippen LogP contribution is 2.30. The van der Waals surface area contributed by atoms with E-state index in [1.165, 1.54) is 4.31 Å². The molecule has 1 heterocycles. The Balaban J connectivity index is 1.83. The van der Waals surface area contributed by atoms with E-state index in [0.717, 1.165) is 39.9 Å². The van der Waals surface area contributed by atoms with E-state index in [0.29, 0.717) is 24.3 Å². The molecule has 0 spiro atoms. The van der Waals surface area contributed by atoms with Crippen LogP contribution in [0.1, 0.15) is 47.6 Å². The number of nitrogens with one attached hydrogen (secondary N) is 1. The highest BCUT2D eigenvalue weighted by molar-refractivity contribution is 7.89. The molecule has 30 heavy (non-hydrogen) atoms. The summed E-state index contributed by atoms with van der Waals surface area (Å²) in [6.07, 6.45) is 2.20. The molecule has 0 aromatic heterocycles. The SMILES string of the molecule is CCc1cccc(C)c1NC(=O)[C@H]1CCCN(S(=O)(=O)c2c(C)cc(C)cc2C)C1. The molecule has 1 atom stereocenters. The summed E-state index contributed by atoms with van der Waals surface area (Å²) >= 11 is 0. The Morgan fingerprint density at radius 2 is 1.77 bits per heavy atom. The lowest BCUT2D eigenvalue weighted by Crippen LogP contribution is -2.44. The largest absolute Gasteiger partial charge is 0.325 e. The van der Waals surface area contributed by atoms with Crippen LogP contribution in [-0.4, -0.2) is 31.7 Å². The first-order valence-corrected chi connectivity index (χ1v) is 12.1. The summed E-state index contributed by atoms with van der Waals surface area (Å²) in [6, 6.07) is 9.79. The van der Waals surface area contributed by atoms with Crippen LogP contribution in [0.15, 0.2) is 35.2 Å². The van der Waals surface area contributed by atoms with E-state index in [9.17, 15) is 13.2 Å². The molecular weight excluding hydrogens is 396 g/mol. The fraction of sp³-hybridized carbons (Fsp3) is 0.458. The molecule has 2 aromatic rings. The zero-order valence-corrected chi connectivity index (χ0v) is 19.4. The van der Waals surface area contributed by atoms with Gasteiger partial charge in [-0.2, -0.15) is 4.31 Å². The van der Waals surface area contributed by atoms with Gasteiger partial charge in [-0.1, -0.05) is 42.8 Å². The number of carbonyl (C=O) groups excluding carboxylic acids is 1. The number of anilines is 1. The maximum Gasteiger partial charge on any atom is 0.243 e. The van der Waals surface area contributed by atoms with Crippen molar-refractivity contribution in [2.45, 2.75) is 58.8 Å². The lowest BCUT2D eigenvalue weighted by molar-refractivity contribution is -0.120. The van der Waals surface area contributed by atoms with Crippen molar-refractivity contribution in [3.63, 3.8) is 0 Å². The van der Waals surface area contributed by atoms with Gasteiger partial charge in [-0.05, 0) is 69.2 Å². The van der Waals surface area contributed by atoms with Crippen LogP contribution >= 0.6 is 0 Å². The summed E-state index contributed by atoms with van der Waals surface area (Å²) in [4.78, 5) is 13.4. The van der Waals surface area contributed by atoms with E-state index < -0.39 is 10.0 Å². The minimum absolute atomic E-state index is 0.101. The van der Waals surface area contributed by atoms with E-state index in [-0.39, 0.29) is 18.4 Å². The van der Waals surface area contributed by atoms with Crippen molar-refractivity contribution in [2.75, 3.05) is 18.4 Å². The average Bonchev–Trinajstić information content (AvgIpc) is 2.68. The summed E-state index contributed by atoms with van der Waals surface area (Å²) in [5, 5.41) is 3.08. The van der Waals surface area contributed by atoms with E-state index in [1.807, 2.05) is 58.0 Å². The van der Waals surface area contributed by atoms with Crippen molar-refractivity contribution in [3.05, 3.63) is 58.1 Å². The number of rotatable bonds is 5. The molecule has 1 fully saturated rings. The molecule has 162 valence electrons. The van der Waals surface area contributed by atoms with Crippen LogP contribution < -0.4 is 5.32 Å². The van der Waals surface area contributed by atoms with E-state index in [1.54, 1.807) is 0 Å². The molecule has 0 saturated carbocycles. The minimum atomic E-state index is -3.65. The molecule has 0 unspecified atom stereocenters. The number of piperidine rings is 1. The fourth-order valence-electron chi connectivity index (χ4n) is 4.50. The molecule has 0 radical (unpaired) electrons. The van der Waals surface area contributed by atoms with Crippen LogP contribution in [0.4, 0.5) is 5.69 Å². The first-order chi connectivity index (χ1) is 14.1. The Hall–Kier alpha value is -2.18. The Morgan fingerprint density at radius 3 is 2.40 bits per heavy atom. The van der Waals surface area contributed by atoms with Gasteiger partial charge in [0.15, 0.2) is 0 Å². The molecule has 1 N–H and O–H groups in total. The summed E-state index contributed by atoms with van der Waals surface area (Å²) < 4.78 is 28.3. The smallest absolute Gasteiger partial charge is 0.243 e. The van der Waals surface area contributed by atoms with Crippen molar-refractivity contribution < 1.29 is 13.2 Å². The highest BCUT2D eigenvalue weighted by atomic mass is 32.2. The third-order valence-electron chi connectivity index (χ3n) is 5.95. The molecule has 0 bridgehead atoms. The topological polar surface area (TPSA) is 66.5 Å². The number of aryl methyl sites for hydroxylation is 5. The molecule has 1 aliphatic heterocycles. The lowest BCUT2D eigenvalue weighted by atomic mass is 9.98. The van der Waals surface area contributed by atoms with Crippen molar-refractivity contribution in [1.29, 1.82) is 0 Å². The monoisotopic (exact) mass is 428 g/mol. The second kappa shape index (κ2) is 8.90. The number of hydrogen-bond acceptors (Lipinski definition) is 3. The maximum atomic E-state index is 13.4. The van der Waals surface area contributed by atoms with Crippen molar-refractivity contribution in [1.82, 2.24) is 4.31 Å². The second-order valence-corrected chi connectivity index (χ2v) is 10.3. The van der Waals surface area contributed by atoms with Crippen molar-refractivity contribution >= 4 is 21.6 Å². The minimum Gasteiger partial charge on any atom is -0.325 e. The van der Waals surface area contributed by atoms with Gasteiger partial charge in [0.25, 0.3) is 0 Å².